The molecule has 0 radical (unpaired) electrons. The smallest absolute Gasteiger partial charge is 0.272 e. The number of nitrogens with zero attached hydrogens (tertiary/aromatic N) is 1. The maximum Gasteiger partial charge on any atom is 0.272 e. The summed E-state index contributed by atoms with van der Waals surface area (Å²) < 4.78 is 5.25. The molecule has 6 aromatic rings. The summed E-state index contributed by atoms with van der Waals surface area (Å²) in [4.78, 5) is 45.4. The van der Waals surface area contributed by atoms with E-state index in [0.29, 0.717) is 16.4 Å². The number of amides is 3. The number of ether oxygens (including phenoxy) is 1. The molecule has 0 aliphatic heterocycles. The van der Waals surface area contributed by atoms with Crippen LogP contribution in [0.15, 0.2) is 142 Å². The van der Waals surface area contributed by atoms with Crippen LogP contribution in [0, 0.1) is 0 Å². The van der Waals surface area contributed by atoms with Gasteiger partial charge in [0.1, 0.15) is 16.7 Å². The van der Waals surface area contributed by atoms with Crippen LogP contribution in [0.5, 0.6) is 5.75 Å². The molecule has 8 nitrogen and oxygen atoms in total. The second kappa shape index (κ2) is 16.1. The number of thioether (sulfide) groups is 1. The summed E-state index contributed by atoms with van der Waals surface area (Å²) in [6.45, 7) is 0. The number of benzene rings is 4. The molecule has 0 saturated carbocycles. The average Bonchev–Trinajstić information content (AvgIpc) is 3.84. The molecule has 0 bridgehead atoms. The maximum absolute atomic E-state index is 13.7. The SMILES string of the molecule is COc1ccc(-c2csc(NC(=O)C(Sc3ccc(NC(=O)/C(=C/c4ccsc4)NC(=O)c4ccccc4)cc3)c3ccccc3)n2)cc1. The largest absolute Gasteiger partial charge is 0.497 e. The molecule has 0 saturated heterocycles. The van der Waals surface area contributed by atoms with Crippen molar-refractivity contribution in [2.45, 2.75) is 10.1 Å². The van der Waals surface area contributed by atoms with Gasteiger partial charge in [-0.15, -0.1) is 23.1 Å². The van der Waals surface area contributed by atoms with Gasteiger partial charge in [-0.25, -0.2) is 4.98 Å². The quantitative estimate of drug-likeness (QED) is 0.0869. The third-order valence-corrected chi connectivity index (χ3v) is 9.94. The van der Waals surface area contributed by atoms with Gasteiger partial charge in [0.05, 0.1) is 12.8 Å². The van der Waals surface area contributed by atoms with Gasteiger partial charge in [0.2, 0.25) is 5.91 Å². The van der Waals surface area contributed by atoms with Crippen molar-refractivity contribution in [2.24, 2.45) is 0 Å². The zero-order valence-electron chi connectivity index (χ0n) is 26.2. The van der Waals surface area contributed by atoms with Gasteiger partial charge in [0, 0.05) is 27.1 Å². The Balaban J connectivity index is 1.15. The van der Waals surface area contributed by atoms with Crippen LogP contribution in [-0.4, -0.2) is 29.8 Å². The lowest BCUT2D eigenvalue weighted by Gasteiger charge is -2.17. The van der Waals surface area contributed by atoms with Crippen LogP contribution >= 0.6 is 34.4 Å². The highest BCUT2D eigenvalue weighted by molar-refractivity contribution is 8.00. The number of methoxy groups -OCH3 is 1. The minimum absolute atomic E-state index is 0.115. The van der Waals surface area contributed by atoms with Crippen molar-refractivity contribution in [3.63, 3.8) is 0 Å². The van der Waals surface area contributed by atoms with E-state index >= 15 is 0 Å². The second-order valence-electron chi connectivity index (χ2n) is 10.6. The van der Waals surface area contributed by atoms with Crippen LogP contribution in [-0.2, 0) is 9.59 Å². The molecular weight excluding hydrogens is 673 g/mol. The van der Waals surface area contributed by atoms with E-state index < -0.39 is 11.2 Å². The molecule has 2 heterocycles. The number of thiazole rings is 1. The normalized spacial score (nSPS) is 11.7. The predicted octanol–water partition coefficient (Wildman–Crippen LogP) is 8.76. The summed E-state index contributed by atoms with van der Waals surface area (Å²) in [5.41, 5.74) is 4.42. The number of anilines is 2. The monoisotopic (exact) mass is 702 g/mol. The molecule has 0 aliphatic rings. The molecule has 3 amide bonds. The summed E-state index contributed by atoms with van der Waals surface area (Å²) in [6.07, 6.45) is 1.64. The third-order valence-electron chi connectivity index (χ3n) is 7.21. The molecule has 49 heavy (non-hydrogen) atoms. The van der Waals surface area contributed by atoms with Gasteiger partial charge in [-0.1, -0.05) is 48.5 Å². The van der Waals surface area contributed by atoms with Gasteiger partial charge in [-0.2, -0.15) is 11.3 Å². The molecular formula is C38H30N4O4S3. The van der Waals surface area contributed by atoms with E-state index in [9.17, 15) is 14.4 Å². The van der Waals surface area contributed by atoms with E-state index in [1.807, 2.05) is 95.0 Å². The van der Waals surface area contributed by atoms with Crippen LogP contribution in [0.1, 0.15) is 26.7 Å². The number of nitrogens with one attached hydrogen (secondary N) is 3. The first kappa shape index (κ1) is 33.4. The van der Waals surface area contributed by atoms with Crippen molar-refractivity contribution in [1.29, 1.82) is 0 Å². The van der Waals surface area contributed by atoms with E-state index in [1.54, 1.807) is 49.6 Å². The molecule has 0 fully saturated rings. The number of carbonyl (C=O) groups is 3. The molecule has 0 spiro atoms. The predicted molar refractivity (Wildman–Crippen MR) is 199 cm³/mol. The Bertz CT molecular complexity index is 2050. The van der Waals surface area contributed by atoms with E-state index in [4.69, 9.17) is 4.74 Å². The van der Waals surface area contributed by atoms with Crippen LogP contribution < -0.4 is 20.7 Å². The fourth-order valence-corrected chi connectivity index (χ4v) is 7.08. The Morgan fingerprint density at radius 1 is 0.816 bits per heavy atom. The molecule has 2 aromatic heterocycles. The maximum atomic E-state index is 13.7. The van der Waals surface area contributed by atoms with Crippen LogP contribution in [0.25, 0.3) is 17.3 Å². The van der Waals surface area contributed by atoms with Gasteiger partial charge in [-0.05, 0) is 94.7 Å². The fourth-order valence-electron chi connectivity index (χ4n) is 4.71. The average molecular weight is 703 g/mol. The Morgan fingerprint density at radius 3 is 2.20 bits per heavy atom. The summed E-state index contributed by atoms with van der Waals surface area (Å²) in [5, 5.41) is 14.3. The standard InChI is InChI=1S/C38H30N4O4S3/c1-46-30-16-12-26(13-17-30)33-24-48-38(41-33)42-37(45)34(27-8-4-2-5-9-27)49-31-18-14-29(15-19-31)39-36(44)32(22-25-20-21-47-23-25)40-35(43)28-10-6-3-7-11-28/h2-24,34H,1H3,(H,39,44)(H,40,43)(H,41,42,45)/b32-22-. The summed E-state index contributed by atoms with van der Waals surface area (Å²) >= 11 is 4.24. The Kier molecular flexibility index (Phi) is 11.0. The number of thiophene rings is 1. The van der Waals surface area contributed by atoms with Crippen molar-refractivity contribution >= 4 is 69.1 Å². The highest BCUT2D eigenvalue weighted by atomic mass is 32.2. The first-order valence-corrected chi connectivity index (χ1v) is 17.8. The first-order chi connectivity index (χ1) is 23.9. The van der Waals surface area contributed by atoms with Crippen molar-refractivity contribution in [1.82, 2.24) is 10.3 Å². The Morgan fingerprint density at radius 2 is 1.53 bits per heavy atom. The van der Waals surface area contributed by atoms with Gasteiger partial charge >= 0.3 is 0 Å². The van der Waals surface area contributed by atoms with E-state index in [1.165, 1.54) is 34.4 Å². The van der Waals surface area contributed by atoms with Gasteiger partial charge in [0.25, 0.3) is 11.8 Å². The topological polar surface area (TPSA) is 109 Å². The summed E-state index contributed by atoms with van der Waals surface area (Å²) in [5.74, 6) is -0.297. The minimum atomic E-state index is -0.566. The molecule has 1 unspecified atom stereocenters. The van der Waals surface area contributed by atoms with Crippen LogP contribution in [0.4, 0.5) is 10.8 Å². The number of rotatable bonds is 12. The van der Waals surface area contributed by atoms with Gasteiger partial charge < -0.3 is 20.7 Å². The third kappa shape index (κ3) is 8.90. The fraction of sp³-hybridized carbons (Fsp3) is 0.0526. The number of carbonyl (C=O) groups excluding carboxylic acids is 3. The second-order valence-corrected chi connectivity index (χ2v) is 13.4. The van der Waals surface area contributed by atoms with Crippen LogP contribution in [0.3, 0.4) is 0 Å². The lowest BCUT2D eigenvalue weighted by molar-refractivity contribution is -0.116. The number of hydrogen-bond donors (Lipinski definition) is 3. The molecule has 4 aromatic carbocycles. The lowest BCUT2D eigenvalue weighted by Crippen LogP contribution is -2.30. The van der Waals surface area contributed by atoms with Crippen LogP contribution in [0.2, 0.25) is 0 Å². The first-order valence-electron chi connectivity index (χ1n) is 15.1. The van der Waals surface area contributed by atoms with Crippen molar-refractivity contribution < 1.29 is 19.1 Å². The molecule has 3 N–H and O–H groups in total. The van der Waals surface area contributed by atoms with E-state index in [0.717, 1.165) is 33.0 Å². The van der Waals surface area contributed by atoms with E-state index in [-0.39, 0.29) is 17.5 Å². The number of hydrogen-bond acceptors (Lipinski definition) is 8. The molecule has 0 aliphatic carbocycles. The number of aromatic nitrogens is 1. The molecule has 244 valence electrons. The Labute approximate surface area is 295 Å². The summed E-state index contributed by atoms with van der Waals surface area (Å²) in [6, 6.07) is 35.0. The lowest BCUT2D eigenvalue weighted by atomic mass is 10.1. The molecule has 6 rings (SSSR count). The highest BCUT2D eigenvalue weighted by Crippen LogP contribution is 2.37. The molecule has 1 atom stereocenters. The highest BCUT2D eigenvalue weighted by Gasteiger charge is 2.23. The molecule has 11 heteroatoms. The van der Waals surface area contributed by atoms with E-state index in [2.05, 4.69) is 20.9 Å². The van der Waals surface area contributed by atoms with Gasteiger partial charge in [0.15, 0.2) is 5.13 Å². The van der Waals surface area contributed by atoms with Crippen molar-refractivity contribution in [3.8, 4) is 17.0 Å². The van der Waals surface area contributed by atoms with Crippen molar-refractivity contribution in [2.75, 3.05) is 17.7 Å². The minimum Gasteiger partial charge on any atom is -0.497 e. The van der Waals surface area contributed by atoms with Gasteiger partial charge in [-0.3, -0.25) is 14.4 Å². The zero-order valence-corrected chi connectivity index (χ0v) is 28.6. The van der Waals surface area contributed by atoms with Crippen molar-refractivity contribution in [3.05, 3.63) is 154 Å². The Hall–Kier alpha value is -5.49. The zero-order chi connectivity index (χ0) is 34.0. The summed E-state index contributed by atoms with van der Waals surface area (Å²) in [7, 11) is 1.62.